The van der Waals surface area contributed by atoms with Gasteiger partial charge in [-0.2, -0.15) is 4.98 Å². The fourth-order valence-electron chi connectivity index (χ4n) is 2.58. The lowest BCUT2D eigenvalue weighted by molar-refractivity contribution is -0.141. The lowest BCUT2D eigenvalue weighted by atomic mass is 10.1. The Hall–Kier alpha value is -1.40. The third-order valence-electron chi connectivity index (χ3n) is 3.80. The molecule has 0 aliphatic rings. The molecule has 0 aliphatic carbocycles. The Labute approximate surface area is 144 Å². The molecular weight excluding hydrogens is 339 g/mol. The zero-order valence-electron chi connectivity index (χ0n) is 13.0. The van der Waals surface area contributed by atoms with Crippen molar-refractivity contribution in [2.75, 3.05) is 0 Å². The maximum atomic E-state index is 11.6. The Morgan fingerprint density at radius 2 is 1.91 bits per heavy atom. The number of carbonyl (C=O) groups is 1. The molecule has 0 saturated heterocycles. The fourth-order valence-corrected chi connectivity index (χ4v) is 3.01. The molecule has 1 atom stereocenters. The van der Waals surface area contributed by atoms with Crippen LogP contribution in [0.15, 0.2) is 6.33 Å². The van der Waals surface area contributed by atoms with Gasteiger partial charge in [-0.05, 0) is 18.0 Å². The van der Waals surface area contributed by atoms with Crippen LogP contribution in [0.5, 0.6) is 0 Å². The summed E-state index contributed by atoms with van der Waals surface area (Å²) in [7, 11) is 0. The van der Waals surface area contributed by atoms with E-state index in [1.165, 1.54) is 30.2 Å². The minimum atomic E-state index is -0.913. The van der Waals surface area contributed by atoms with Crippen LogP contribution in [0.25, 0.3) is 11.2 Å². The summed E-state index contributed by atoms with van der Waals surface area (Å²) in [5.41, 5.74) is 0.721. The number of nitrogens with zero attached hydrogens (tertiary/aromatic N) is 4. The molecule has 0 aromatic carbocycles. The number of aliphatic carboxylic acids is 1. The second-order valence-corrected chi connectivity index (χ2v) is 6.21. The molecule has 6 nitrogen and oxygen atoms in total. The SMILES string of the molecule is CCCCCCCCC(C(=O)O)n1cnc2c(Cl)nc(Cl)nc21. The number of rotatable bonds is 9. The summed E-state index contributed by atoms with van der Waals surface area (Å²) < 4.78 is 1.52. The number of hydrogen-bond acceptors (Lipinski definition) is 4. The number of imidazole rings is 1. The highest BCUT2D eigenvalue weighted by molar-refractivity contribution is 6.35. The van der Waals surface area contributed by atoms with Crippen LogP contribution in [0.2, 0.25) is 10.4 Å². The molecule has 0 radical (unpaired) electrons. The van der Waals surface area contributed by atoms with Crippen LogP contribution >= 0.6 is 23.2 Å². The van der Waals surface area contributed by atoms with Gasteiger partial charge in [-0.25, -0.2) is 14.8 Å². The first kappa shape index (κ1) is 17.9. The summed E-state index contributed by atoms with van der Waals surface area (Å²) in [6.45, 7) is 2.17. The first-order chi connectivity index (χ1) is 11.0. The molecule has 2 heterocycles. The topological polar surface area (TPSA) is 80.9 Å². The molecule has 0 fully saturated rings. The Kier molecular flexibility index (Phi) is 6.59. The van der Waals surface area contributed by atoms with Crippen molar-refractivity contribution in [1.29, 1.82) is 0 Å². The van der Waals surface area contributed by atoms with Gasteiger partial charge in [0.1, 0.15) is 11.6 Å². The Balaban J connectivity index is 2.11. The minimum absolute atomic E-state index is 0.0204. The van der Waals surface area contributed by atoms with Crippen LogP contribution in [0.4, 0.5) is 0 Å². The standard InChI is InChI=1S/C15H20Cl2N4O2/c1-2-3-4-5-6-7-8-10(14(22)23)21-9-18-11-12(16)19-15(17)20-13(11)21/h9-10H,2-8H2,1H3,(H,22,23). The molecule has 0 bridgehead atoms. The summed E-state index contributed by atoms with van der Waals surface area (Å²) in [5, 5.41) is 9.63. The maximum absolute atomic E-state index is 11.6. The Morgan fingerprint density at radius 1 is 1.22 bits per heavy atom. The van der Waals surface area contributed by atoms with Crippen LogP contribution in [0.3, 0.4) is 0 Å². The molecule has 8 heteroatoms. The van der Waals surface area contributed by atoms with Crippen LogP contribution < -0.4 is 0 Å². The predicted molar refractivity (Wildman–Crippen MR) is 90.0 cm³/mol. The third kappa shape index (κ3) is 4.54. The summed E-state index contributed by atoms with van der Waals surface area (Å²) >= 11 is 11.8. The van der Waals surface area contributed by atoms with Gasteiger partial charge in [-0.15, -0.1) is 0 Å². The van der Waals surface area contributed by atoms with Crippen molar-refractivity contribution >= 4 is 40.3 Å². The van der Waals surface area contributed by atoms with E-state index in [4.69, 9.17) is 23.2 Å². The van der Waals surface area contributed by atoms with Gasteiger partial charge in [0, 0.05) is 0 Å². The molecular formula is C15H20Cl2N4O2. The minimum Gasteiger partial charge on any atom is -0.480 e. The molecule has 0 saturated carbocycles. The highest BCUT2D eigenvalue weighted by Gasteiger charge is 2.23. The number of aromatic nitrogens is 4. The van der Waals surface area contributed by atoms with E-state index < -0.39 is 12.0 Å². The summed E-state index contributed by atoms with van der Waals surface area (Å²) in [5.74, 6) is -0.913. The second kappa shape index (κ2) is 8.45. The smallest absolute Gasteiger partial charge is 0.326 e. The Bertz CT molecular complexity index is 675. The number of unbranched alkanes of at least 4 members (excludes halogenated alkanes) is 5. The van der Waals surface area contributed by atoms with Crippen LogP contribution in [-0.2, 0) is 4.79 Å². The number of hydrogen-bond donors (Lipinski definition) is 1. The molecule has 2 aromatic heterocycles. The first-order valence-corrected chi connectivity index (χ1v) is 8.58. The second-order valence-electron chi connectivity index (χ2n) is 5.52. The van der Waals surface area contributed by atoms with Gasteiger partial charge in [0.25, 0.3) is 0 Å². The molecule has 0 spiro atoms. The predicted octanol–water partition coefficient (Wildman–Crippen LogP) is 4.51. The fraction of sp³-hybridized carbons (Fsp3) is 0.600. The van der Waals surface area contributed by atoms with E-state index in [-0.39, 0.29) is 10.4 Å². The van der Waals surface area contributed by atoms with Crippen LogP contribution in [0.1, 0.15) is 57.9 Å². The van der Waals surface area contributed by atoms with E-state index in [0.29, 0.717) is 17.6 Å². The molecule has 23 heavy (non-hydrogen) atoms. The van der Waals surface area contributed by atoms with Gasteiger partial charge in [-0.1, -0.05) is 57.0 Å². The summed E-state index contributed by atoms with van der Waals surface area (Å²) in [6, 6.07) is -0.729. The monoisotopic (exact) mass is 358 g/mol. The van der Waals surface area contributed by atoms with Crippen molar-refractivity contribution < 1.29 is 9.90 Å². The van der Waals surface area contributed by atoms with Crippen molar-refractivity contribution in [3.05, 3.63) is 16.8 Å². The van der Waals surface area contributed by atoms with E-state index in [0.717, 1.165) is 19.3 Å². The normalized spacial score (nSPS) is 12.7. The largest absolute Gasteiger partial charge is 0.480 e. The Morgan fingerprint density at radius 3 is 2.61 bits per heavy atom. The zero-order valence-corrected chi connectivity index (χ0v) is 14.5. The molecule has 2 aromatic rings. The maximum Gasteiger partial charge on any atom is 0.326 e. The summed E-state index contributed by atoms with van der Waals surface area (Å²) in [4.78, 5) is 23.6. The molecule has 1 unspecified atom stereocenters. The third-order valence-corrected chi connectivity index (χ3v) is 4.24. The first-order valence-electron chi connectivity index (χ1n) is 7.83. The van der Waals surface area contributed by atoms with Gasteiger partial charge in [0.15, 0.2) is 10.8 Å². The summed E-state index contributed by atoms with van der Waals surface area (Å²) in [6.07, 6.45) is 8.57. The van der Waals surface area contributed by atoms with E-state index in [9.17, 15) is 9.90 Å². The van der Waals surface area contributed by atoms with E-state index >= 15 is 0 Å². The van der Waals surface area contributed by atoms with Crippen molar-refractivity contribution in [2.45, 2.75) is 57.9 Å². The number of halogens is 2. The average molecular weight is 359 g/mol. The van der Waals surface area contributed by atoms with E-state index in [1.807, 2.05) is 0 Å². The van der Waals surface area contributed by atoms with Gasteiger partial charge >= 0.3 is 5.97 Å². The lowest BCUT2D eigenvalue weighted by Gasteiger charge is -2.14. The van der Waals surface area contributed by atoms with Gasteiger partial charge in [0.05, 0.1) is 6.33 Å². The average Bonchev–Trinajstić information content (AvgIpc) is 2.90. The molecule has 126 valence electrons. The molecule has 0 amide bonds. The molecule has 1 N–H and O–H groups in total. The van der Waals surface area contributed by atoms with Crippen LogP contribution in [0, 0.1) is 0 Å². The highest BCUT2D eigenvalue weighted by Crippen LogP contribution is 2.26. The van der Waals surface area contributed by atoms with Crippen molar-refractivity contribution in [2.24, 2.45) is 0 Å². The van der Waals surface area contributed by atoms with Crippen LogP contribution in [-0.4, -0.2) is 30.6 Å². The quantitative estimate of drug-likeness (QED) is 0.405. The number of fused-ring (bicyclic) bond motifs is 1. The van der Waals surface area contributed by atoms with Crippen molar-refractivity contribution in [3.63, 3.8) is 0 Å². The lowest BCUT2D eigenvalue weighted by Crippen LogP contribution is -2.19. The van der Waals surface area contributed by atoms with E-state index in [1.54, 1.807) is 0 Å². The molecule has 2 rings (SSSR count). The van der Waals surface area contributed by atoms with Gasteiger partial charge in [-0.3, -0.25) is 0 Å². The number of carboxylic acids is 1. The zero-order chi connectivity index (χ0) is 16.8. The van der Waals surface area contributed by atoms with Crippen molar-refractivity contribution in [3.8, 4) is 0 Å². The number of carboxylic acid groups (broad SMARTS) is 1. The molecule has 0 aliphatic heterocycles. The van der Waals surface area contributed by atoms with Crippen molar-refractivity contribution in [1.82, 2.24) is 19.5 Å². The van der Waals surface area contributed by atoms with Gasteiger partial charge in [0.2, 0.25) is 5.28 Å². The van der Waals surface area contributed by atoms with E-state index in [2.05, 4.69) is 21.9 Å². The highest BCUT2D eigenvalue weighted by atomic mass is 35.5. The van der Waals surface area contributed by atoms with Gasteiger partial charge < -0.3 is 9.67 Å².